The van der Waals surface area contributed by atoms with Gasteiger partial charge in [0.2, 0.25) is 0 Å². The number of rotatable bonds is 1. The van der Waals surface area contributed by atoms with Gasteiger partial charge in [-0.3, -0.25) is 0 Å². The van der Waals surface area contributed by atoms with E-state index in [0.717, 1.165) is 0 Å². The Balaban J connectivity index is -0.000000118. The molecule has 0 spiro atoms. The molecule has 23 heavy (non-hydrogen) atoms. The van der Waals surface area contributed by atoms with E-state index in [4.69, 9.17) is 15.3 Å². The summed E-state index contributed by atoms with van der Waals surface area (Å²) in [6, 6.07) is 8.57. The second kappa shape index (κ2) is 18.4. The van der Waals surface area contributed by atoms with Crippen LogP contribution in [0.1, 0.15) is 67.9 Å². The average molecular weight is 494 g/mol. The number of hydrogen-bond donors (Lipinski definition) is 3. The minimum Gasteiger partial charge on any atom is -0.394 e. The van der Waals surface area contributed by atoms with Crippen LogP contribution in [-0.2, 0) is 32.3 Å². The Kier molecular flexibility index (Phi) is 24.8. The first kappa shape index (κ1) is 30.9. The van der Waals surface area contributed by atoms with Gasteiger partial charge in [0.1, 0.15) is 0 Å². The van der Waals surface area contributed by atoms with Crippen LogP contribution in [0.5, 0.6) is 0 Å². The molecular weight excluding hydrogens is 455 g/mol. The summed E-state index contributed by atoms with van der Waals surface area (Å²) in [5.41, 5.74) is 1.88. The maximum absolute atomic E-state index is 8.06. The zero-order valence-electron chi connectivity index (χ0n) is 16.6. The normalized spacial score (nSPS) is 9.87. The molecule has 3 N–H and O–H groups in total. The Labute approximate surface area is 163 Å². The zero-order chi connectivity index (χ0) is 18.3. The molecule has 0 aliphatic heterocycles. The van der Waals surface area contributed by atoms with Gasteiger partial charge < -0.3 is 15.3 Å². The largest absolute Gasteiger partial charge is 0.394 e. The Hall–Kier alpha value is 0.100. The number of hydrogen-bond acceptors (Lipinski definition) is 3. The van der Waals surface area contributed by atoms with Gasteiger partial charge in [-0.15, -0.1) is 0 Å². The summed E-state index contributed by atoms with van der Waals surface area (Å²) >= 11 is 0. The van der Waals surface area contributed by atoms with Crippen molar-refractivity contribution in [3.63, 3.8) is 0 Å². The maximum atomic E-state index is 8.06. The molecule has 0 atom stereocenters. The number of aliphatic hydroxyl groups is 3. The average Bonchev–Trinajstić information content (AvgIpc) is 2.63. The van der Waals surface area contributed by atoms with E-state index in [-0.39, 0.29) is 44.2 Å². The summed E-state index contributed by atoms with van der Waals surface area (Å²) in [5.74, 6) is 0. The van der Waals surface area contributed by atoms with Crippen molar-refractivity contribution in [1.29, 1.82) is 0 Å². The van der Waals surface area contributed by atoms with Crippen molar-refractivity contribution in [2.45, 2.75) is 87.0 Å². The van der Waals surface area contributed by atoms with Crippen molar-refractivity contribution in [3.8, 4) is 0 Å². The van der Waals surface area contributed by atoms with E-state index < -0.39 is 0 Å². The fraction of sp³-hybridized carbons (Fsp3) is 0.737. The van der Waals surface area contributed by atoms with Crippen LogP contribution in [0.4, 0.5) is 0 Å². The fourth-order valence-electron chi connectivity index (χ4n) is 1.14. The number of aliphatic hydroxyl groups excluding tert-OH is 3. The van der Waals surface area contributed by atoms with Crippen molar-refractivity contribution in [1.82, 2.24) is 0 Å². The molecular formula is C19H39HfO3-. The van der Waals surface area contributed by atoms with Gasteiger partial charge in [-0.1, -0.05) is 27.2 Å². The van der Waals surface area contributed by atoms with Crippen LogP contribution in [0.3, 0.4) is 0 Å². The molecule has 4 heteroatoms. The molecule has 0 heterocycles. The van der Waals surface area contributed by atoms with Crippen LogP contribution >= 0.6 is 0 Å². The standard InChI is InChI=1S/C10H15.3C3H8O.Hf/c1-10(2,3)8-9-6-4-5-7-9;3*1-3(2)4;/h4-7H,8H2,1-3H3;3*3-4H,1-2H3;/q-1;;;;. The first-order chi connectivity index (χ1) is 9.77. The van der Waals surface area contributed by atoms with E-state index in [1.54, 1.807) is 41.5 Å². The summed E-state index contributed by atoms with van der Waals surface area (Å²) in [4.78, 5) is 0. The molecule has 1 aromatic carbocycles. The quantitative estimate of drug-likeness (QED) is 0.407. The topological polar surface area (TPSA) is 60.7 Å². The monoisotopic (exact) mass is 495 g/mol. The molecule has 0 saturated carbocycles. The van der Waals surface area contributed by atoms with Gasteiger partial charge in [-0.2, -0.15) is 17.7 Å². The third-order valence-electron chi connectivity index (χ3n) is 1.47. The molecule has 3 nitrogen and oxygen atoms in total. The van der Waals surface area contributed by atoms with Crippen LogP contribution < -0.4 is 0 Å². The van der Waals surface area contributed by atoms with E-state index in [1.807, 2.05) is 0 Å². The van der Waals surface area contributed by atoms with E-state index in [0.29, 0.717) is 5.41 Å². The van der Waals surface area contributed by atoms with Gasteiger partial charge in [0.05, 0.1) is 0 Å². The second-order valence-electron chi connectivity index (χ2n) is 7.31. The molecule has 1 rings (SSSR count). The molecule has 1 aromatic rings. The van der Waals surface area contributed by atoms with Crippen LogP contribution in [0.2, 0.25) is 0 Å². The van der Waals surface area contributed by atoms with Gasteiger partial charge in [0, 0.05) is 44.2 Å². The van der Waals surface area contributed by atoms with Gasteiger partial charge in [0.15, 0.2) is 0 Å². The SMILES string of the molecule is CC(C)(C)C[c-]1cccc1.CC(C)O.CC(C)O.CC(C)O.[Hf]. The van der Waals surface area contributed by atoms with Gasteiger partial charge >= 0.3 is 0 Å². The van der Waals surface area contributed by atoms with E-state index in [9.17, 15) is 0 Å². The van der Waals surface area contributed by atoms with Gasteiger partial charge in [0.25, 0.3) is 0 Å². The van der Waals surface area contributed by atoms with Crippen LogP contribution in [0.25, 0.3) is 0 Å². The van der Waals surface area contributed by atoms with Crippen molar-refractivity contribution in [2.24, 2.45) is 5.41 Å². The predicted molar refractivity (Wildman–Crippen MR) is 97.3 cm³/mol. The summed E-state index contributed by atoms with van der Waals surface area (Å²) in [7, 11) is 0. The Morgan fingerprint density at radius 2 is 0.957 bits per heavy atom. The maximum Gasteiger partial charge on any atom is 0.0483 e. The predicted octanol–water partition coefficient (Wildman–Crippen LogP) is 4.15. The molecule has 0 aliphatic rings. The smallest absolute Gasteiger partial charge is 0.0483 e. The zero-order valence-corrected chi connectivity index (χ0v) is 20.2. The Bertz CT molecular complexity index is 276. The Morgan fingerprint density at radius 1 is 0.739 bits per heavy atom. The first-order valence-electron chi connectivity index (χ1n) is 8.02. The summed E-state index contributed by atoms with van der Waals surface area (Å²) in [6.07, 6.45) is 0.681. The van der Waals surface area contributed by atoms with Crippen LogP contribution in [-0.4, -0.2) is 33.6 Å². The molecule has 0 aliphatic carbocycles. The van der Waals surface area contributed by atoms with Crippen LogP contribution in [0, 0.1) is 5.41 Å². The Morgan fingerprint density at radius 3 is 1.13 bits per heavy atom. The minimum absolute atomic E-state index is 0. The summed E-state index contributed by atoms with van der Waals surface area (Å²) in [5, 5.41) is 24.2. The molecule has 0 radical (unpaired) electrons. The fourth-order valence-corrected chi connectivity index (χ4v) is 1.14. The van der Waals surface area contributed by atoms with Crippen molar-refractivity contribution in [2.75, 3.05) is 0 Å². The molecule has 138 valence electrons. The minimum atomic E-state index is -0.167. The molecule has 0 saturated heterocycles. The molecule has 0 aromatic heterocycles. The van der Waals surface area contributed by atoms with Crippen molar-refractivity contribution in [3.05, 3.63) is 29.8 Å². The summed E-state index contributed by atoms with van der Waals surface area (Å²) in [6.45, 7) is 17.1. The van der Waals surface area contributed by atoms with Crippen molar-refractivity contribution < 1.29 is 41.2 Å². The molecule has 0 unspecified atom stereocenters. The van der Waals surface area contributed by atoms with E-state index >= 15 is 0 Å². The third kappa shape index (κ3) is 61.0. The summed E-state index contributed by atoms with van der Waals surface area (Å²) < 4.78 is 0. The van der Waals surface area contributed by atoms with Gasteiger partial charge in [-0.25, -0.2) is 12.1 Å². The third-order valence-corrected chi connectivity index (χ3v) is 1.47. The molecule has 0 fully saturated rings. The molecule has 0 amide bonds. The van der Waals surface area contributed by atoms with E-state index in [2.05, 4.69) is 45.0 Å². The first-order valence-corrected chi connectivity index (χ1v) is 8.02. The van der Waals surface area contributed by atoms with Crippen LogP contribution in [0.15, 0.2) is 24.3 Å². The second-order valence-corrected chi connectivity index (χ2v) is 7.31. The molecule has 0 bridgehead atoms. The van der Waals surface area contributed by atoms with E-state index in [1.165, 1.54) is 12.0 Å². The van der Waals surface area contributed by atoms with Gasteiger partial charge in [-0.05, 0) is 47.0 Å². The van der Waals surface area contributed by atoms with Crippen molar-refractivity contribution >= 4 is 0 Å².